The minimum Gasteiger partial charge on any atom is -0.396 e. The first-order valence-electron chi connectivity index (χ1n) is 11.6. The summed E-state index contributed by atoms with van der Waals surface area (Å²) < 4.78 is 6.94. The van der Waals surface area contributed by atoms with Crippen molar-refractivity contribution in [3.63, 3.8) is 0 Å². The summed E-state index contributed by atoms with van der Waals surface area (Å²) in [4.78, 5) is 2.37. The van der Waals surface area contributed by atoms with E-state index < -0.39 is 5.72 Å². The second-order valence-corrected chi connectivity index (χ2v) is 10.6. The molecule has 0 radical (unpaired) electrons. The van der Waals surface area contributed by atoms with Gasteiger partial charge in [0.15, 0.2) is 5.72 Å². The van der Waals surface area contributed by atoms with Gasteiger partial charge in [0.05, 0.1) is 13.2 Å². The van der Waals surface area contributed by atoms with Gasteiger partial charge in [0, 0.05) is 39.7 Å². The number of halogens is 2. The molecule has 1 N–H and O–H groups in total. The Morgan fingerprint density at radius 3 is 2.24 bits per heavy atom. The zero-order valence-corrected chi connectivity index (χ0v) is 20.9. The molecule has 34 heavy (non-hydrogen) atoms. The van der Waals surface area contributed by atoms with Crippen molar-refractivity contribution in [2.24, 2.45) is 5.41 Å². The second-order valence-electron chi connectivity index (χ2n) is 9.73. The maximum Gasteiger partial charge on any atom is 0.174 e. The molecule has 3 nitrogen and oxygen atoms in total. The van der Waals surface area contributed by atoms with E-state index in [9.17, 15) is 5.11 Å². The summed E-state index contributed by atoms with van der Waals surface area (Å²) in [6.07, 6.45) is 1.97. The van der Waals surface area contributed by atoms with Crippen molar-refractivity contribution in [1.29, 1.82) is 0 Å². The van der Waals surface area contributed by atoms with Crippen molar-refractivity contribution in [3.05, 3.63) is 111 Å². The van der Waals surface area contributed by atoms with Crippen molar-refractivity contribution in [3.8, 4) is 0 Å². The molecule has 3 aromatic carbocycles. The minimum absolute atomic E-state index is 0.141. The van der Waals surface area contributed by atoms with Crippen LogP contribution in [0.4, 0.5) is 0 Å². The van der Waals surface area contributed by atoms with Crippen LogP contribution in [-0.2, 0) is 23.6 Å². The van der Waals surface area contributed by atoms with Gasteiger partial charge in [-0.1, -0.05) is 71.8 Å². The number of rotatable bonds is 8. The van der Waals surface area contributed by atoms with E-state index in [2.05, 4.69) is 53.9 Å². The van der Waals surface area contributed by atoms with Crippen LogP contribution >= 0.6 is 23.2 Å². The average molecular weight is 494 g/mol. The first-order valence-corrected chi connectivity index (χ1v) is 12.4. The zero-order valence-electron chi connectivity index (χ0n) is 19.4. The number of nitrogens with zero attached hydrogens (tertiary/aromatic N) is 1. The van der Waals surface area contributed by atoms with Crippen LogP contribution in [0, 0.1) is 5.41 Å². The van der Waals surface area contributed by atoms with E-state index in [1.807, 2.05) is 31.2 Å². The molecule has 5 rings (SSSR count). The maximum absolute atomic E-state index is 10.0. The predicted octanol–water partition coefficient (Wildman–Crippen LogP) is 7.03. The van der Waals surface area contributed by atoms with Crippen molar-refractivity contribution in [1.82, 2.24) is 4.90 Å². The Hall–Kier alpha value is -2.14. The third-order valence-corrected chi connectivity index (χ3v) is 7.68. The van der Waals surface area contributed by atoms with Gasteiger partial charge in [-0.2, -0.15) is 0 Å². The Morgan fingerprint density at radius 2 is 1.65 bits per heavy atom. The zero-order chi connectivity index (χ0) is 23.9. The molecule has 0 amide bonds. The first-order chi connectivity index (χ1) is 16.3. The Morgan fingerprint density at radius 1 is 1.00 bits per heavy atom. The van der Waals surface area contributed by atoms with E-state index in [1.165, 1.54) is 5.56 Å². The monoisotopic (exact) mass is 493 g/mol. The Labute approximate surface area is 211 Å². The van der Waals surface area contributed by atoms with Gasteiger partial charge >= 0.3 is 0 Å². The molecule has 1 saturated carbocycles. The van der Waals surface area contributed by atoms with Crippen molar-refractivity contribution in [2.75, 3.05) is 13.2 Å². The molecule has 1 heterocycles. The van der Waals surface area contributed by atoms with Gasteiger partial charge in [0.2, 0.25) is 0 Å². The summed E-state index contributed by atoms with van der Waals surface area (Å²) in [6.45, 7) is 8.21. The molecule has 0 bridgehead atoms. The van der Waals surface area contributed by atoms with Crippen molar-refractivity contribution >= 4 is 28.8 Å². The molecule has 1 atom stereocenters. The fourth-order valence-electron chi connectivity index (χ4n) is 4.83. The van der Waals surface area contributed by atoms with Gasteiger partial charge < -0.3 is 9.84 Å². The fourth-order valence-corrected chi connectivity index (χ4v) is 5.09. The van der Waals surface area contributed by atoms with Crippen LogP contribution in [0.5, 0.6) is 0 Å². The summed E-state index contributed by atoms with van der Waals surface area (Å²) in [6, 6.07) is 22.4. The number of hydrogen-bond acceptors (Lipinski definition) is 3. The van der Waals surface area contributed by atoms with Crippen molar-refractivity contribution in [2.45, 2.75) is 38.6 Å². The van der Waals surface area contributed by atoms with Gasteiger partial charge in [-0.25, -0.2) is 0 Å². The first kappa shape index (κ1) is 23.6. The van der Waals surface area contributed by atoms with Gasteiger partial charge in [0.1, 0.15) is 0 Å². The van der Waals surface area contributed by atoms with Crippen LogP contribution in [0.2, 0.25) is 10.0 Å². The summed E-state index contributed by atoms with van der Waals surface area (Å²) in [5.74, 6) is 0. The molecule has 1 unspecified atom stereocenters. The number of fused-ring (bicyclic) bond motifs is 1. The quantitative estimate of drug-likeness (QED) is 0.365. The summed E-state index contributed by atoms with van der Waals surface area (Å²) in [5.41, 5.74) is 5.76. The third kappa shape index (κ3) is 4.32. The number of hydrogen-bond donors (Lipinski definition) is 1. The normalized spacial score (nSPS) is 20.8. The molecule has 0 spiro atoms. The Kier molecular flexibility index (Phi) is 6.34. The number of ether oxygens (including phenoxy) is 1. The number of allylic oxidation sites excluding steroid dienone is 1. The molecular weight excluding hydrogens is 465 g/mol. The standard InChI is InChI=1S/C29H29Cl2NO2/c1-20(2)22-5-12-27-23(15-22)17-32(16-21-3-8-25(30)9-4-21)29(27,24-6-10-26(31)11-7-24)34-19-28(18-33)13-14-28/h3-12,15,33H,1,13-14,16-19H2,2H3. The fraction of sp³-hybridized carbons (Fsp3) is 0.310. The van der Waals surface area contributed by atoms with E-state index in [4.69, 9.17) is 27.9 Å². The minimum atomic E-state index is -0.794. The lowest BCUT2D eigenvalue weighted by Gasteiger charge is -2.40. The largest absolute Gasteiger partial charge is 0.396 e. The Bertz CT molecular complexity index is 1200. The van der Waals surface area contributed by atoms with E-state index in [1.54, 1.807) is 0 Å². The lowest BCUT2D eigenvalue weighted by atomic mass is 9.91. The highest BCUT2D eigenvalue weighted by molar-refractivity contribution is 6.30. The van der Waals surface area contributed by atoms with Gasteiger partial charge in [-0.15, -0.1) is 0 Å². The number of aliphatic hydroxyl groups excluding tert-OH is 1. The second kappa shape index (κ2) is 9.14. The average Bonchev–Trinajstić information content (AvgIpc) is 3.56. The van der Waals surface area contributed by atoms with Crippen LogP contribution < -0.4 is 0 Å². The number of aliphatic hydroxyl groups is 1. The van der Waals surface area contributed by atoms with E-state index in [0.717, 1.165) is 52.2 Å². The Balaban J connectivity index is 1.64. The maximum atomic E-state index is 10.0. The third-order valence-electron chi connectivity index (χ3n) is 7.17. The van der Waals surface area contributed by atoms with Gasteiger partial charge in [-0.05, 0) is 66.8 Å². The molecule has 0 saturated heterocycles. The molecule has 5 heteroatoms. The van der Waals surface area contributed by atoms with Crippen LogP contribution in [0.25, 0.3) is 5.57 Å². The molecule has 1 aliphatic heterocycles. The highest BCUT2D eigenvalue weighted by Crippen LogP contribution is 2.51. The van der Waals surface area contributed by atoms with E-state index in [-0.39, 0.29) is 12.0 Å². The van der Waals surface area contributed by atoms with Gasteiger partial charge in [0.25, 0.3) is 0 Å². The van der Waals surface area contributed by atoms with E-state index in [0.29, 0.717) is 18.2 Å². The van der Waals surface area contributed by atoms with Crippen molar-refractivity contribution < 1.29 is 9.84 Å². The molecule has 1 fully saturated rings. The smallest absolute Gasteiger partial charge is 0.174 e. The summed E-state index contributed by atoms with van der Waals surface area (Å²) >= 11 is 12.4. The van der Waals surface area contributed by atoms with Crippen LogP contribution in [-0.4, -0.2) is 23.2 Å². The van der Waals surface area contributed by atoms with Gasteiger partial charge in [-0.3, -0.25) is 4.90 Å². The summed E-state index contributed by atoms with van der Waals surface area (Å²) in [7, 11) is 0. The molecule has 2 aliphatic rings. The molecule has 0 aromatic heterocycles. The topological polar surface area (TPSA) is 32.7 Å². The van der Waals surface area contributed by atoms with Crippen LogP contribution in [0.1, 0.15) is 47.6 Å². The molecule has 3 aromatic rings. The lowest BCUT2D eigenvalue weighted by Crippen LogP contribution is -2.45. The van der Waals surface area contributed by atoms with Crippen LogP contribution in [0.15, 0.2) is 73.3 Å². The number of benzene rings is 3. The highest BCUT2D eigenvalue weighted by atomic mass is 35.5. The predicted molar refractivity (Wildman–Crippen MR) is 139 cm³/mol. The summed E-state index contributed by atoms with van der Waals surface area (Å²) in [5, 5.41) is 11.4. The SMILES string of the molecule is C=C(C)c1ccc2c(c1)CN(Cc1ccc(Cl)cc1)C2(OCC1(CO)CC1)c1ccc(Cl)cc1. The highest BCUT2D eigenvalue weighted by Gasteiger charge is 2.51. The van der Waals surface area contributed by atoms with E-state index >= 15 is 0 Å². The molecular formula is C29H29Cl2NO2. The van der Waals surface area contributed by atoms with Crippen LogP contribution in [0.3, 0.4) is 0 Å². The molecule has 1 aliphatic carbocycles. The lowest BCUT2D eigenvalue weighted by molar-refractivity contribution is -0.146. The molecule has 176 valence electrons.